The van der Waals surface area contributed by atoms with Crippen LogP contribution in [0.2, 0.25) is 0 Å². The second kappa shape index (κ2) is 6.03. The largest absolute Gasteiger partial charge is 0.393 e. The molecule has 0 unspecified atom stereocenters. The molecule has 0 aliphatic heterocycles. The van der Waals surface area contributed by atoms with Crippen LogP contribution in [0.1, 0.15) is 24.4 Å². The number of aliphatic hydroxyl groups is 1. The monoisotopic (exact) mass is 339 g/mol. The molecule has 1 atom stereocenters. The van der Waals surface area contributed by atoms with Gasteiger partial charge < -0.3 is 5.11 Å². The third-order valence-corrected chi connectivity index (χ3v) is 5.53. The molecule has 124 valence electrons. The van der Waals surface area contributed by atoms with Crippen LogP contribution in [0.3, 0.4) is 0 Å². The van der Waals surface area contributed by atoms with Gasteiger partial charge in [-0.1, -0.05) is 6.07 Å². The molecule has 0 spiro atoms. The lowest BCUT2D eigenvalue weighted by atomic mass is 9.76. The predicted molar refractivity (Wildman–Crippen MR) is 81.4 cm³/mol. The van der Waals surface area contributed by atoms with Crippen molar-refractivity contribution in [1.82, 2.24) is 14.5 Å². The smallest absolute Gasteiger partial charge is 0.241 e. The highest BCUT2D eigenvalue weighted by Crippen LogP contribution is 2.38. The van der Waals surface area contributed by atoms with Gasteiger partial charge in [-0.25, -0.2) is 17.5 Å². The normalized spacial score (nSPS) is 22.6. The first-order valence-corrected chi connectivity index (χ1v) is 8.78. The third kappa shape index (κ3) is 3.44. The summed E-state index contributed by atoms with van der Waals surface area (Å²) in [6.45, 7) is 0. The van der Waals surface area contributed by atoms with Crippen molar-refractivity contribution in [2.24, 2.45) is 13.0 Å². The lowest BCUT2D eigenvalue weighted by Gasteiger charge is -2.37. The van der Waals surface area contributed by atoms with E-state index in [1.165, 1.54) is 18.2 Å². The van der Waals surface area contributed by atoms with Gasteiger partial charge in [-0.05, 0) is 37.0 Å². The first kappa shape index (κ1) is 16.1. The van der Waals surface area contributed by atoms with E-state index in [0.717, 1.165) is 11.6 Å². The highest BCUT2D eigenvalue weighted by atomic mass is 32.2. The van der Waals surface area contributed by atoms with E-state index in [0.29, 0.717) is 12.8 Å². The van der Waals surface area contributed by atoms with Gasteiger partial charge in [0.2, 0.25) is 10.0 Å². The quantitative estimate of drug-likeness (QED) is 0.861. The molecule has 1 aromatic carbocycles. The molecule has 23 heavy (non-hydrogen) atoms. The number of aryl methyl sites for hydroxylation is 1. The summed E-state index contributed by atoms with van der Waals surface area (Å²) in [6.07, 6.45) is 3.97. The van der Waals surface area contributed by atoms with Gasteiger partial charge in [0, 0.05) is 18.8 Å². The van der Waals surface area contributed by atoms with Crippen molar-refractivity contribution in [2.75, 3.05) is 0 Å². The Morgan fingerprint density at radius 3 is 2.74 bits per heavy atom. The van der Waals surface area contributed by atoms with Crippen LogP contribution in [0.5, 0.6) is 0 Å². The Hall–Kier alpha value is -1.77. The molecule has 3 rings (SSSR count). The van der Waals surface area contributed by atoms with Crippen molar-refractivity contribution in [3.05, 3.63) is 48.0 Å². The summed E-state index contributed by atoms with van der Waals surface area (Å²) in [5, 5.41) is 13.6. The van der Waals surface area contributed by atoms with Crippen LogP contribution in [-0.4, -0.2) is 29.4 Å². The van der Waals surface area contributed by atoms with Crippen LogP contribution in [0.25, 0.3) is 0 Å². The van der Waals surface area contributed by atoms with Crippen LogP contribution in [0.4, 0.5) is 4.39 Å². The molecule has 1 aliphatic rings. The van der Waals surface area contributed by atoms with Gasteiger partial charge in [-0.2, -0.15) is 5.10 Å². The second-order valence-corrected chi connectivity index (χ2v) is 7.60. The predicted octanol–water partition coefficient (Wildman–Crippen LogP) is 1.35. The number of aliphatic hydroxyl groups excluding tert-OH is 1. The third-order valence-electron chi connectivity index (χ3n) is 4.09. The van der Waals surface area contributed by atoms with E-state index in [2.05, 4.69) is 9.82 Å². The van der Waals surface area contributed by atoms with Crippen LogP contribution in [0, 0.1) is 11.7 Å². The fourth-order valence-electron chi connectivity index (χ4n) is 2.81. The van der Waals surface area contributed by atoms with Gasteiger partial charge in [-0.15, -0.1) is 0 Å². The molecule has 2 N–H and O–H groups in total. The highest BCUT2D eigenvalue weighted by molar-refractivity contribution is 7.89. The van der Waals surface area contributed by atoms with Crippen LogP contribution < -0.4 is 4.72 Å². The Balaban J connectivity index is 1.89. The van der Waals surface area contributed by atoms with Crippen molar-refractivity contribution in [3.8, 4) is 0 Å². The molecule has 6 nitrogen and oxygen atoms in total. The number of rotatable bonds is 5. The van der Waals surface area contributed by atoms with Gasteiger partial charge in [0.1, 0.15) is 5.82 Å². The summed E-state index contributed by atoms with van der Waals surface area (Å²) in [5.74, 6) is -0.623. The molecule has 1 heterocycles. The summed E-state index contributed by atoms with van der Waals surface area (Å²) < 4.78 is 42.6. The van der Waals surface area contributed by atoms with Gasteiger partial charge >= 0.3 is 0 Å². The first-order chi connectivity index (χ1) is 10.8. The average Bonchev–Trinajstić information content (AvgIpc) is 2.88. The van der Waals surface area contributed by atoms with Crippen LogP contribution >= 0.6 is 0 Å². The van der Waals surface area contributed by atoms with E-state index in [-0.39, 0.29) is 10.8 Å². The maximum absolute atomic E-state index is 13.3. The minimum Gasteiger partial charge on any atom is -0.393 e. The maximum Gasteiger partial charge on any atom is 0.241 e. The number of halogens is 1. The Morgan fingerprint density at radius 2 is 2.17 bits per heavy atom. The van der Waals surface area contributed by atoms with E-state index in [1.54, 1.807) is 24.1 Å². The first-order valence-electron chi connectivity index (χ1n) is 7.29. The van der Waals surface area contributed by atoms with Crippen molar-refractivity contribution in [1.29, 1.82) is 0 Å². The van der Waals surface area contributed by atoms with E-state index in [1.807, 2.05) is 0 Å². The minimum absolute atomic E-state index is 0.0162. The van der Waals surface area contributed by atoms with Crippen molar-refractivity contribution >= 4 is 10.0 Å². The fourth-order valence-corrected chi connectivity index (χ4v) is 4.13. The molecular weight excluding hydrogens is 321 g/mol. The zero-order valence-electron chi connectivity index (χ0n) is 12.6. The van der Waals surface area contributed by atoms with Gasteiger partial charge in [0.15, 0.2) is 0 Å². The molecule has 0 saturated heterocycles. The summed E-state index contributed by atoms with van der Waals surface area (Å²) >= 11 is 0. The molecule has 2 aromatic rings. The molecule has 0 radical (unpaired) electrons. The zero-order valence-corrected chi connectivity index (χ0v) is 13.4. The molecule has 1 saturated carbocycles. The summed E-state index contributed by atoms with van der Waals surface area (Å²) in [7, 11) is -2.12. The lowest BCUT2D eigenvalue weighted by Crippen LogP contribution is -2.41. The van der Waals surface area contributed by atoms with Crippen LogP contribution in [-0.2, 0) is 17.1 Å². The maximum atomic E-state index is 13.3. The van der Waals surface area contributed by atoms with Crippen molar-refractivity contribution in [2.45, 2.75) is 29.9 Å². The average molecular weight is 339 g/mol. The molecule has 1 aliphatic carbocycles. The molecule has 0 amide bonds. The Kier molecular flexibility index (Phi) is 4.22. The topological polar surface area (TPSA) is 84.2 Å². The van der Waals surface area contributed by atoms with E-state index in [9.17, 15) is 17.9 Å². The van der Waals surface area contributed by atoms with Crippen molar-refractivity contribution < 1.29 is 17.9 Å². The number of hydrogen-bond acceptors (Lipinski definition) is 4. The van der Waals surface area contributed by atoms with Crippen LogP contribution in [0.15, 0.2) is 41.6 Å². The van der Waals surface area contributed by atoms with E-state index >= 15 is 0 Å². The Bertz CT molecular complexity index is 800. The highest BCUT2D eigenvalue weighted by Gasteiger charge is 2.37. The summed E-state index contributed by atoms with van der Waals surface area (Å²) in [4.78, 5) is -0.119. The fraction of sp³-hybridized carbons (Fsp3) is 0.400. The van der Waals surface area contributed by atoms with Crippen molar-refractivity contribution in [3.63, 3.8) is 0 Å². The minimum atomic E-state index is -3.87. The standard InChI is InChI=1S/C15H18FN3O3S/c1-19-9-11(8-17-19)15(10-5-13(20)6-10)18-23(21,22)14-4-2-3-12(16)7-14/h2-4,7-10,13,15,18,20H,5-6H2,1H3/t10?,13?,15-/m1/s1. The van der Waals surface area contributed by atoms with Gasteiger partial charge in [-0.3, -0.25) is 4.68 Å². The molecular formula is C15H18FN3O3S. The van der Waals surface area contributed by atoms with Gasteiger partial charge in [0.25, 0.3) is 0 Å². The lowest BCUT2D eigenvalue weighted by molar-refractivity contribution is 0.0280. The number of hydrogen-bond donors (Lipinski definition) is 2. The summed E-state index contributed by atoms with van der Waals surface area (Å²) in [6, 6.07) is 4.38. The van der Waals surface area contributed by atoms with E-state index in [4.69, 9.17) is 0 Å². The number of sulfonamides is 1. The summed E-state index contributed by atoms with van der Waals surface area (Å²) in [5.41, 5.74) is 0.726. The molecule has 1 aromatic heterocycles. The van der Waals surface area contributed by atoms with E-state index < -0.39 is 28.0 Å². The number of aromatic nitrogens is 2. The number of nitrogens with zero attached hydrogens (tertiary/aromatic N) is 2. The molecule has 1 fully saturated rings. The number of nitrogens with one attached hydrogen (secondary N) is 1. The Labute approximate surface area is 134 Å². The molecule has 0 bridgehead atoms. The second-order valence-electron chi connectivity index (χ2n) is 5.89. The van der Waals surface area contributed by atoms with Gasteiger partial charge in [0.05, 0.1) is 23.2 Å². The molecule has 8 heteroatoms. The number of benzene rings is 1. The Morgan fingerprint density at radius 1 is 1.43 bits per heavy atom. The SMILES string of the molecule is Cn1cc([C@H](NS(=O)(=O)c2cccc(F)c2)C2CC(O)C2)cn1. The zero-order chi connectivity index (χ0) is 16.6.